The molecule has 0 fully saturated rings. The molecule has 0 unspecified atom stereocenters. The van der Waals surface area contributed by atoms with Gasteiger partial charge in [0.2, 0.25) is 0 Å². The minimum absolute atomic E-state index is 0.0462. The fraction of sp³-hybridized carbons (Fsp3) is 0.263. The molecule has 1 amide bonds. The molecule has 3 rings (SSSR count). The van der Waals surface area contributed by atoms with Gasteiger partial charge in [-0.3, -0.25) is 14.9 Å². The van der Waals surface area contributed by atoms with E-state index in [1.165, 1.54) is 30.2 Å². The van der Waals surface area contributed by atoms with Crippen molar-refractivity contribution in [3.63, 3.8) is 0 Å². The molecule has 2 aromatic carbocycles. The van der Waals surface area contributed by atoms with Gasteiger partial charge in [-0.15, -0.1) is 0 Å². The van der Waals surface area contributed by atoms with Crippen molar-refractivity contribution in [3.05, 3.63) is 74.8 Å². The number of hydrogen-bond acceptors (Lipinski definition) is 5. The van der Waals surface area contributed by atoms with Crippen molar-refractivity contribution in [2.75, 3.05) is 7.11 Å². The number of rotatable bonds is 3. The summed E-state index contributed by atoms with van der Waals surface area (Å²) < 4.78 is 4.87. The second kappa shape index (κ2) is 6.95. The van der Waals surface area contributed by atoms with Crippen molar-refractivity contribution in [3.8, 4) is 0 Å². The summed E-state index contributed by atoms with van der Waals surface area (Å²) in [7, 11) is 1.29. The summed E-state index contributed by atoms with van der Waals surface area (Å²) in [6.45, 7) is 1.86. The first-order chi connectivity index (χ1) is 12.4. The quantitative estimate of drug-likeness (QED) is 0.480. The largest absolute Gasteiger partial charge is 0.467 e. The highest BCUT2D eigenvalue weighted by molar-refractivity contribution is 5.97. The number of aryl methyl sites for hydroxylation is 1. The van der Waals surface area contributed by atoms with Crippen LogP contribution in [0.3, 0.4) is 0 Å². The third-order valence-electron chi connectivity index (χ3n) is 4.62. The van der Waals surface area contributed by atoms with Crippen LogP contribution in [0.2, 0.25) is 0 Å². The maximum absolute atomic E-state index is 13.0. The summed E-state index contributed by atoms with van der Waals surface area (Å²) in [5.74, 6) is -0.834. The first kappa shape index (κ1) is 17.6. The van der Waals surface area contributed by atoms with Crippen LogP contribution in [-0.2, 0) is 22.5 Å². The SMILES string of the molecule is COC(=O)[C@@H]1Cc2ccccc2CN1C(=O)c1ccc([N+](=O)[O-])c(C)c1. The number of nitro benzene ring substituents is 1. The highest BCUT2D eigenvalue weighted by Gasteiger charge is 2.36. The van der Waals surface area contributed by atoms with Gasteiger partial charge < -0.3 is 9.64 Å². The zero-order valence-corrected chi connectivity index (χ0v) is 14.5. The van der Waals surface area contributed by atoms with E-state index >= 15 is 0 Å². The number of amides is 1. The van der Waals surface area contributed by atoms with Gasteiger partial charge in [0.25, 0.3) is 11.6 Å². The molecule has 1 aliphatic heterocycles. The van der Waals surface area contributed by atoms with Gasteiger partial charge in [0.05, 0.1) is 12.0 Å². The second-order valence-electron chi connectivity index (χ2n) is 6.20. The van der Waals surface area contributed by atoms with E-state index in [-0.39, 0.29) is 18.1 Å². The van der Waals surface area contributed by atoms with E-state index in [9.17, 15) is 19.7 Å². The number of carbonyl (C=O) groups is 2. The number of benzene rings is 2. The smallest absolute Gasteiger partial charge is 0.328 e. The van der Waals surface area contributed by atoms with E-state index in [0.29, 0.717) is 17.5 Å². The van der Waals surface area contributed by atoms with Crippen molar-refractivity contribution in [1.82, 2.24) is 4.90 Å². The summed E-state index contributed by atoms with van der Waals surface area (Å²) >= 11 is 0. The van der Waals surface area contributed by atoms with Gasteiger partial charge in [-0.2, -0.15) is 0 Å². The standard InChI is InChI=1S/C19H18N2O5/c1-12-9-14(7-8-16(12)21(24)25)18(22)20-11-15-6-4-3-5-13(15)10-17(20)19(23)26-2/h3-9,17H,10-11H2,1-2H3/t17-/m0/s1. The molecule has 0 N–H and O–H groups in total. The van der Waals surface area contributed by atoms with Gasteiger partial charge in [0.1, 0.15) is 6.04 Å². The zero-order valence-electron chi connectivity index (χ0n) is 14.5. The molecule has 7 nitrogen and oxygen atoms in total. The third-order valence-corrected chi connectivity index (χ3v) is 4.62. The number of nitro groups is 1. The number of ether oxygens (including phenoxy) is 1. The minimum Gasteiger partial charge on any atom is -0.467 e. The average Bonchev–Trinajstić information content (AvgIpc) is 2.65. The van der Waals surface area contributed by atoms with Crippen molar-refractivity contribution >= 4 is 17.6 Å². The summed E-state index contributed by atoms with van der Waals surface area (Å²) in [6.07, 6.45) is 0.376. The number of fused-ring (bicyclic) bond motifs is 1. The minimum atomic E-state index is -0.724. The molecule has 0 aromatic heterocycles. The summed E-state index contributed by atoms with van der Waals surface area (Å²) in [5, 5.41) is 11.0. The molecule has 0 bridgehead atoms. The Morgan fingerprint density at radius 3 is 2.50 bits per heavy atom. The molecule has 0 spiro atoms. The summed E-state index contributed by atoms with van der Waals surface area (Å²) in [5.41, 5.74) is 2.63. The van der Waals surface area contributed by atoms with Crippen LogP contribution in [0.15, 0.2) is 42.5 Å². The Hall–Kier alpha value is -3.22. The predicted octanol–water partition coefficient (Wildman–Crippen LogP) is 2.64. The van der Waals surface area contributed by atoms with E-state index in [1.807, 2.05) is 24.3 Å². The van der Waals surface area contributed by atoms with Crippen LogP contribution in [0.5, 0.6) is 0 Å². The van der Waals surface area contributed by atoms with Crippen LogP contribution in [0.25, 0.3) is 0 Å². The molecule has 1 aliphatic rings. The molecule has 26 heavy (non-hydrogen) atoms. The first-order valence-electron chi connectivity index (χ1n) is 8.13. The van der Waals surface area contributed by atoms with Gasteiger partial charge >= 0.3 is 5.97 Å². The highest BCUT2D eigenvalue weighted by Crippen LogP contribution is 2.27. The number of carbonyl (C=O) groups excluding carboxylic acids is 2. The Labute approximate surface area is 150 Å². The van der Waals surface area contributed by atoms with Crippen molar-refractivity contribution in [2.45, 2.75) is 25.9 Å². The van der Waals surface area contributed by atoms with Crippen LogP contribution in [0.1, 0.15) is 27.0 Å². The van der Waals surface area contributed by atoms with E-state index < -0.39 is 16.9 Å². The normalized spacial score (nSPS) is 15.9. The van der Waals surface area contributed by atoms with Gasteiger partial charge in [0.15, 0.2) is 0 Å². The number of esters is 1. The summed E-state index contributed by atoms with van der Waals surface area (Å²) in [4.78, 5) is 37.2. The Bertz CT molecular complexity index is 893. The number of nitrogens with zero attached hydrogens (tertiary/aromatic N) is 2. The molecule has 7 heteroatoms. The van der Waals surface area contributed by atoms with Gasteiger partial charge in [-0.05, 0) is 30.2 Å². The molecule has 0 aliphatic carbocycles. The van der Waals surface area contributed by atoms with E-state index in [2.05, 4.69) is 0 Å². The van der Waals surface area contributed by atoms with E-state index in [1.54, 1.807) is 6.92 Å². The maximum atomic E-state index is 13.0. The molecular weight excluding hydrogens is 336 g/mol. The fourth-order valence-corrected chi connectivity index (χ4v) is 3.24. The molecule has 134 valence electrons. The van der Waals surface area contributed by atoms with Crippen LogP contribution in [0, 0.1) is 17.0 Å². The molecule has 1 atom stereocenters. The topological polar surface area (TPSA) is 89.8 Å². The number of methoxy groups -OCH3 is 1. The lowest BCUT2D eigenvalue weighted by molar-refractivity contribution is -0.385. The third kappa shape index (κ3) is 3.15. The monoisotopic (exact) mass is 354 g/mol. The predicted molar refractivity (Wildman–Crippen MR) is 93.7 cm³/mol. The van der Waals surface area contributed by atoms with Crippen LogP contribution < -0.4 is 0 Å². The lowest BCUT2D eigenvalue weighted by atomic mass is 9.93. The van der Waals surface area contributed by atoms with Crippen LogP contribution in [0.4, 0.5) is 5.69 Å². The van der Waals surface area contributed by atoms with Crippen molar-refractivity contribution in [2.24, 2.45) is 0 Å². The Morgan fingerprint density at radius 2 is 1.88 bits per heavy atom. The fourth-order valence-electron chi connectivity index (χ4n) is 3.24. The Balaban J connectivity index is 1.97. The Kier molecular flexibility index (Phi) is 4.71. The highest BCUT2D eigenvalue weighted by atomic mass is 16.6. The van der Waals surface area contributed by atoms with E-state index in [4.69, 9.17) is 4.74 Å². The van der Waals surface area contributed by atoms with Crippen molar-refractivity contribution in [1.29, 1.82) is 0 Å². The molecule has 1 heterocycles. The molecule has 0 saturated heterocycles. The number of hydrogen-bond donors (Lipinski definition) is 0. The second-order valence-corrected chi connectivity index (χ2v) is 6.20. The van der Waals surface area contributed by atoms with Gasteiger partial charge in [-0.25, -0.2) is 4.79 Å². The zero-order chi connectivity index (χ0) is 18.8. The first-order valence-corrected chi connectivity index (χ1v) is 8.13. The average molecular weight is 354 g/mol. The van der Waals surface area contributed by atoms with Gasteiger partial charge in [-0.1, -0.05) is 24.3 Å². The Morgan fingerprint density at radius 1 is 1.19 bits per heavy atom. The lowest BCUT2D eigenvalue weighted by Gasteiger charge is -2.35. The summed E-state index contributed by atoms with van der Waals surface area (Å²) in [6, 6.07) is 11.1. The molecule has 2 aromatic rings. The lowest BCUT2D eigenvalue weighted by Crippen LogP contribution is -2.49. The van der Waals surface area contributed by atoms with Crippen molar-refractivity contribution < 1.29 is 19.2 Å². The molecule has 0 saturated carbocycles. The molecule has 0 radical (unpaired) electrons. The van der Waals surface area contributed by atoms with Gasteiger partial charge in [0, 0.05) is 30.2 Å². The van der Waals surface area contributed by atoms with Crippen LogP contribution >= 0.6 is 0 Å². The van der Waals surface area contributed by atoms with Crippen LogP contribution in [-0.4, -0.2) is 34.9 Å². The maximum Gasteiger partial charge on any atom is 0.328 e. The molecular formula is C19H18N2O5. The van der Waals surface area contributed by atoms with E-state index in [0.717, 1.165) is 11.1 Å².